The number of carboxylic acid groups (broad SMARTS) is 1. The fourth-order valence-corrected chi connectivity index (χ4v) is 9.29. The molecular weight excluding hydrogens is 594 g/mol. The lowest BCUT2D eigenvalue weighted by Crippen LogP contribution is -2.68. The highest BCUT2D eigenvalue weighted by molar-refractivity contribution is 6.31. The Balaban J connectivity index is 1.49. The van der Waals surface area contributed by atoms with Crippen molar-refractivity contribution in [3.05, 3.63) is 57.6 Å². The van der Waals surface area contributed by atoms with Gasteiger partial charge in [0.1, 0.15) is 16.4 Å². The predicted molar refractivity (Wildman–Crippen MR) is 162 cm³/mol. The molecule has 2 aromatic rings. The van der Waals surface area contributed by atoms with Crippen LogP contribution in [0.15, 0.2) is 30.5 Å². The number of nitrogens with zero attached hydrogens (tertiary/aromatic N) is 1. The summed E-state index contributed by atoms with van der Waals surface area (Å²) in [7, 11) is 0. The summed E-state index contributed by atoms with van der Waals surface area (Å²) < 4.78 is 16.1. The fraction of sp³-hybridized carbons (Fsp3) is 0.562. The summed E-state index contributed by atoms with van der Waals surface area (Å²) >= 11 is 12.6. The summed E-state index contributed by atoms with van der Waals surface area (Å²) in [6.45, 7) is 4.23. The van der Waals surface area contributed by atoms with E-state index in [1.807, 2.05) is 0 Å². The van der Waals surface area contributed by atoms with Crippen molar-refractivity contribution in [2.75, 3.05) is 5.32 Å². The highest BCUT2D eigenvalue weighted by atomic mass is 35.5. The van der Waals surface area contributed by atoms with Gasteiger partial charge in [0, 0.05) is 40.9 Å². The second-order valence-electron chi connectivity index (χ2n) is 13.7. The molecule has 2 amide bonds. The number of aromatic nitrogens is 1. The van der Waals surface area contributed by atoms with E-state index in [9.17, 15) is 19.5 Å². The van der Waals surface area contributed by atoms with Crippen LogP contribution in [-0.4, -0.2) is 45.0 Å². The average Bonchev–Trinajstić information content (AvgIpc) is 3.37. The third-order valence-corrected chi connectivity index (χ3v) is 10.8. The minimum absolute atomic E-state index is 0.0173. The van der Waals surface area contributed by atoms with Crippen LogP contribution in [0.5, 0.6) is 0 Å². The molecule has 11 heteroatoms. The SMILES string of the molecule is CC1(C)CC2(C1)N[C@@H](C(=O)NC1(CCCC(=O)O)CCCCC1)[C@H](c1cccc(Cl)c1F)[C@]21C(=O)Nc2cc(Cl)ncc21. The van der Waals surface area contributed by atoms with Crippen molar-refractivity contribution in [2.24, 2.45) is 5.41 Å². The number of rotatable bonds is 7. The third-order valence-electron chi connectivity index (χ3n) is 10.3. The molecule has 3 atom stereocenters. The van der Waals surface area contributed by atoms with Crippen LogP contribution in [0, 0.1) is 11.2 Å². The van der Waals surface area contributed by atoms with Gasteiger partial charge in [-0.15, -0.1) is 0 Å². The van der Waals surface area contributed by atoms with E-state index >= 15 is 4.39 Å². The zero-order valence-electron chi connectivity index (χ0n) is 24.4. The van der Waals surface area contributed by atoms with Crippen molar-refractivity contribution in [1.82, 2.24) is 15.6 Å². The van der Waals surface area contributed by atoms with Crippen LogP contribution >= 0.6 is 23.2 Å². The van der Waals surface area contributed by atoms with Gasteiger partial charge in [-0.1, -0.05) is 68.4 Å². The number of pyridine rings is 1. The fourth-order valence-electron chi connectivity index (χ4n) is 8.95. The molecule has 43 heavy (non-hydrogen) atoms. The standard InChI is InChI=1S/C32H37Cl2FN4O4/c1-29(2)16-31(17-29)32(19-15-36-22(34)14-21(19)37-28(32)43)24(18-8-6-9-20(33)25(18)35)26(38-31)27(42)39-30(11-4-3-5-12-30)13-7-10-23(40)41/h6,8-9,14-15,24,26,38H,3-5,7,10-13,16-17H2,1-2H3,(H,37,43)(H,39,42)(H,40,41)/t24-,26+,32+/m0/s1. The Morgan fingerprint density at radius 3 is 2.56 bits per heavy atom. The van der Waals surface area contributed by atoms with Crippen LogP contribution in [-0.2, 0) is 19.8 Å². The minimum atomic E-state index is -1.37. The van der Waals surface area contributed by atoms with Gasteiger partial charge in [-0.25, -0.2) is 9.37 Å². The van der Waals surface area contributed by atoms with Gasteiger partial charge in [0.05, 0.1) is 11.1 Å². The summed E-state index contributed by atoms with van der Waals surface area (Å²) in [5, 5.41) is 19.3. The number of hydrogen-bond donors (Lipinski definition) is 4. The molecule has 3 heterocycles. The maximum absolute atomic E-state index is 16.1. The number of benzene rings is 1. The molecule has 1 aromatic heterocycles. The van der Waals surface area contributed by atoms with Crippen molar-refractivity contribution in [3.63, 3.8) is 0 Å². The summed E-state index contributed by atoms with van der Waals surface area (Å²) in [6, 6.07) is 5.32. The van der Waals surface area contributed by atoms with E-state index in [-0.39, 0.29) is 39.4 Å². The molecule has 2 saturated carbocycles. The van der Waals surface area contributed by atoms with Crippen LogP contribution in [0.1, 0.15) is 95.1 Å². The maximum atomic E-state index is 16.1. The van der Waals surface area contributed by atoms with E-state index in [2.05, 4.69) is 34.8 Å². The van der Waals surface area contributed by atoms with Crippen molar-refractivity contribution < 1.29 is 23.9 Å². The van der Waals surface area contributed by atoms with Crippen LogP contribution in [0.3, 0.4) is 0 Å². The van der Waals surface area contributed by atoms with Gasteiger partial charge in [-0.3, -0.25) is 19.7 Å². The van der Waals surface area contributed by atoms with E-state index in [1.54, 1.807) is 24.4 Å². The number of aliphatic carboxylic acids is 1. The highest BCUT2D eigenvalue weighted by Crippen LogP contribution is 2.68. The monoisotopic (exact) mass is 630 g/mol. The van der Waals surface area contributed by atoms with Gasteiger partial charge >= 0.3 is 5.97 Å². The zero-order chi connectivity index (χ0) is 30.8. The molecule has 0 bridgehead atoms. The lowest BCUT2D eigenvalue weighted by atomic mass is 9.46. The Morgan fingerprint density at radius 2 is 1.88 bits per heavy atom. The Hall–Kier alpha value is -2.75. The first-order valence-corrected chi connectivity index (χ1v) is 15.8. The predicted octanol–water partition coefficient (Wildman–Crippen LogP) is 6.11. The first-order valence-electron chi connectivity index (χ1n) is 15.1. The van der Waals surface area contributed by atoms with E-state index in [1.165, 1.54) is 6.07 Å². The Morgan fingerprint density at radius 1 is 1.16 bits per heavy atom. The molecule has 1 aromatic carbocycles. The third kappa shape index (κ3) is 4.82. The average molecular weight is 632 g/mol. The van der Waals surface area contributed by atoms with Gasteiger partial charge in [-0.05, 0) is 61.6 Å². The molecule has 6 rings (SSSR count). The molecule has 4 N–H and O–H groups in total. The second-order valence-corrected chi connectivity index (χ2v) is 14.5. The first kappa shape index (κ1) is 30.3. The topological polar surface area (TPSA) is 120 Å². The van der Waals surface area contributed by atoms with E-state index in [0.717, 1.165) is 32.1 Å². The summed E-state index contributed by atoms with van der Waals surface area (Å²) in [6.07, 6.45) is 8.05. The molecule has 0 radical (unpaired) electrons. The Labute approximate surface area is 260 Å². The number of nitrogens with one attached hydrogen (secondary N) is 3. The van der Waals surface area contributed by atoms with Crippen molar-refractivity contribution >= 4 is 46.7 Å². The molecule has 4 aliphatic rings. The maximum Gasteiger partial charge on any atom is 0.303 e. The molecule has 230 valence electrons. The quantitative estimate of drug-likeness (QED) is 0.274. The number of carboxylic acids is 1. The van der Waals surface area contributed by atoms with Gasteiger partial charge in [0.15, 0.2) is 0 Å². The van der Waals surface area contributed by atoms with Gasteiger partial charge in [-0.2, -0.15) is 0 Å². The number of amides is 2. The van der Waals surface area contributed by atoms with Crippen LogP contribution in [0.4, 0.5) is 10.1 Å². The number of carbonyl (C=O) groups excluding carboxylic acids is 2. The summed E-state index contributed by atoms with van der Waals surface area (Å²) in [5.41, 5.74) is -1.68. The van der Waals surface area contributed by atoms with Crippen LogP contribution in [0.2, 0.25) is 10.2 Å². The largest absolute Gasteiger partial charge is 0.481 e. The number of hydrogen-bond acceptors (Lipinski definition) is 5. The lowest BCUT2D eigenvalue weighted by Gasteiger charge is -2.58. The molecule has 0 unspecified atom stereocenters. The van der Waals surface area contributed by atoms with Crippen molar-refractivity contribution in [1.29, 1.82) is 0 Å². The smallest absolute Gasteiger partial charge is 0.303 e. The normalized spacial score (nSPS) is 27.9. The van der Waals surface area contributed by atoms with Crippen LogP contribution < -0.4 is 16.0 Å². The number of fused-ring (bicyclic) bond motifs is 3. The molecular formula is C32H37Cl2FN4O4. The Bertz CT molecular complexity index is 1490. The molecule has 2 aliphatic carbocycles. The number of anilines is 1. The second kappa shape index (κ2) is 10.7. The van der Waals surface area contributed by atoms with Crippen molar-refractivity contribution in [3.8, 4) is 0 Å². The lowest BCUT2D eigenvalue weighted by molar-refractivity contribution is -0.137. The van der Waals surface area contributed by atoms with Crippen LogP contribution in [0.25, 0.3) is 0 Å². The summed E-state index contributed by atoms with van der Waals surface area (Å²) in [4.78, 5) is 44.6. The highest BCUT2D eigenvalue weighted by Gasteiger charge is 2.77. The molecule has 2 aliphatic heterocycles. The number of carbonyl (C=O) groups is 3. The molecule has 8 nitrogen and oxygen atoms in total. The minimum Gasteiger partial charge on any atom is -0.481 e. The first-order chi connectivity index (χ1) is 20.3. The van der Waals surface area contributed by atoms with E-state index in [4.69, 9.17) is 23.2 Å². The summed E-state index contributed by atoms with van der Waals surface area (Å²) in [5.74, 6) is -3.15. The van der Waals surface area contributed by atoms with Gasteiger partial charge in [0.25, 0.3) is 0 Å². The van der Waals surface area contributed by atoms with E-state index in [0.29, 0.717) is 36.9 Å². The zero-order valence-corrected chi connectivity index (χ0v) is 25.9. The molecule has 2 spiro atoms. The van der Waals surface area contributed by atoms with Gasteiger partial charge in [0.2, 0.25) is 11.8 Å². The molecule has 1 saturated heterocycles. The van der Waals surface area contributed by atoms with Gasteiger partial charge < -0.3 is 15.7 Å². The Kier molecular flexibility index (Phi) is 7.54. The number of halogens is 3. The van der Waals surface area contributed by atoms with E-state index < -0.39 is 40.2 Å². The molecule has 3 fully saturated rings. The van der Waals surface area contributed by atoms with Crippen molar-refractivity contribution in [2.45, 2.75) is 107 Å².